The van der Waals surface area contributed by atoms with Crippen LogP contribution in [0.4, 0.5) is 0 Å². The van der Waals surface area contributed by atoms with E-state index in [9.17, 15) is 30.0 Å². The summed E-state index contributed by atoms with van der Waals surface area (Å²) in [5.41, 5.74) is 6.25. The van der Waals surface area contributed by atoms with E-state index in [1.807, 2.05) is 20.2 Å². The molecule has 3 atom stereocenters. The number of aliphatic hydroxyl groups is 3. The van der Waals surface area contributed by atoms with Gasteiger partial charge in [-0.3, -0.25) is 9.59 Å². The molecule has 1 aromatic carbocycles. The van der Waals surface area contributed by atoms with Crippen LogP contribution in [0, 0.1) is 11.8 Å². The van der Waals surface area contributed by atoms with E-state index in [-0.39, 0.29) is 50.4 Å². The molecule has 35 heavy (non-hydrogen) atoms. The summed E-state index contributed by atoms with van der Waals surface area (Å²) >= 11 is 0. The number of nitrogens with two attached hydrogens (primary N) is 1. The first-order valence-corrected chi connectivity index (χ1v) is 11.9. The van der Waals surface area contributed by atoms with Crippen LogP contribution >= 0.6 is 0 Å². The maximum Gasteiger partial charge on any atom is 0.256 e. The van der Waals surface area contributed by atoms with Crippen molar-refractivity contribution in [2.45, 2.75) is 37.8 Å². The van der Waals surface area contributed by atoms with Gasteiger partial charge in [-0.1, -0.05) is 12.1 Å². The van der Waals surface area contributed by atoms with Crippen molar-refractivity contribution in [3.63, 3.8) is 0 Å². The number of aliphatic hydroxyl groups excluding tert-OH is 3. The molecule has 0 radical (unpaired) electrons. The second-order valence-corrected chi connectivity index (χ2v) is 10.4. The average Bonchev–Trinajstić information content (AvgIpc) is 2.78. The molecule has 1 fully saturated rings. The number of phenolic OH excluding ortho intramolecular Hbond substituents is 1. The van der Waals surface area contributed by atoms with Gasteiger partial charge in [0.2, 0.25) is 5.78 Å². The Morgan fingerprint density at radius 1 is 1.03 bits per heavy atom. The zero-order valence-electron chi connectivity index (χ0n) is 19.8. The maximum atomic E-state index is 13.7. The minimum atomic E-state index is -1.06. The van der Waals surface area contributed by atoms with Crippen LogP contribution in [0.2, 0.25) is 0 Å². The highest BCUT2D eigenvalue weighted by atomic mass is 16.5. The number of phenols is 1. The second kappa shape index (κ2) is 8.13. The molecule has 1 aliphatic heterocycles. The van der Waals surface area contributed by atoms with Crippen LogP contribution in [0.1, 0.15) is 30.4 Å². The molecule has 3 aliphatic carbocycles. The number of ketones is 1. The summed E-state index contributed by atoms with van der Waals surface area (Å²) in [7, 11) is 3.87. The van der Waals surface area contributed by atoms with E-state index in [1.165, 1.54) is 6.07 Å². The normalized spacial score (nSPS) is 27.5. The summed E-state index contributed by atoms with van der Waals surface area (Å²) in [6, 6.07) is 4.28. The molecule has 5 rings (SSSR count). The van der Waals surface area contributed by atoms with E-state index in [0.717, 1.165) is 18.4 Å². The first-order chi connectivity index (χ1) is 16.6. The molecule has 0 bridgehead atoms. The molecule has 0 aromatic heterocycles. The van der Waals surface area contributed by atoms with Crippen LogP contribution in [0.3, 0.4) is 0 Å². The number of hydrogen-bond donors (Lipinski definition) is 5. The van der Waals surface area contributed by atoms with Gasteiger partial charge in [0.15, 0.2) is 6.04 Å². The van der Waals surface area contributed by atoms with Gasteiger partial charge >= 0.3 is 0 Å². The van der Waals surface area contributed by atoms with Crippen molar-refractivity contribution in [2.24, 2.45) is 17.6 Å². The number of primary amides is 1. The largest absolute Gasteiger partial charge is 0.507 e. The van der Waals surface area contributed by atoms with E-state index in [4.69, 9.17) is 10.5 Å². The molecule has 186 valence electrons. The van der Waals surface area contributed by atoms with E-state index in [0.29, 0.717) is 26.1 Å². The molecule has 9 nitrogen and oxygen atoms in total. The summed E-state index contributed by atoms with van der Waals surface area (Å²) in [6.07, 6.45) is 2.28. The van der Waals surface area contributed by atoms with Gasteiger partial charge in [-0.25, -0.2) is 0 Å². The molecule has 1 amide bonds. The maximum absolute atomic E-state index is 13.7. The Balaban J connectivity index is 1.72. The topological polar surface area (TPSA) is 150 Å². The van der Waals surface area contributed by atoms with Gasteiger partial charge in [0, 0.05) is 24.0 Å². The fourth-order valence-electron chi connectivity index (χ4n) is 6.72. The van der Waals surface area contributed by atoms with Gasteiger partial charge in [-0.15, -0.1) is 0 Å². The third-order valence-electron chi connectivity index (χ3n) is 8.40. The number of carbonyl (C=O) groups is 2. The predicted molar refractivity (Wildman–Crippen MR) is 126 cm³/mol. The lowest BCUT2D eigenvalue weighted by molar-refractivity contribution is -0.934. The van der Waals surface area contributed by atoms with Crippen LogP contribution in [-0.2, 0) is 20.7 Å². The quantitative estimate of drug-likeness (QED) is 0.327. The third kappa shape index (κ3) is 3.36. The van der Waals surface area contributed by atoms with Crippen molar-refractivity contribution in [1.82, 2.24) is 0 Å². The van der Waals surface area contributed by atoms with Crippen molar-refractivity contribution in [3.05, 3.63) is 57.6 Å². The number of carbonyl (C=O) groups excluding carboxylic acids is 2. The van der Waals surface area contributed by atoms with Gasteiger partial charge in [-0.2, -0.15) is 0 Å². The van der Waals surface area contributed by atoms with Crippen molar-refractivity contribution < 1.29 is 39.2 Å². The Bertz CT molecular complexity index is 1220. The number of ether oxygens (including phenoxy) is 1. The van der Waals surface area contributed by atoms with Crippen molar-refractivity contribution in [2.75, 3.05) is 27.3 Å². The number of amides is 1. The Kier molecular flexibility index (Phi) is 5.45. The molecule has 0 spiro atoms. The second-order valence-electron chi connectivity index (χ2n) is 10.4. The molecular formula is C26H31N2O7+. The Labute approximate surface area is 203 Å². The molecule has 1 heterocycles. The van der Waals surface area contributed by atoms with Crippen molar-refractivity contribution >= 4 is 17.4 Å². The highest BCUT2D eigenvalue weighted by molar-refractivity contribution is 6.22. The molecule has 9 heteroatoms. The van der Waals surface area contributed by atoms with Gasteiger partial charge < -0.3 is 35.4 Å². The lowest BCUT2D eigenvalue weighted by atomic mass is 9.64. The lowest BCUT2D eigenvalue weighted by Crippen LogP contribution is -2.65. The number of aromatic hydroxyl groups is 1. The summed E-state index contributed by atoms with van der Waals surface area (Å²) in [5.74, 6) is -3.90. The van der Waals surface area contributed by atoms with E-state index in [2.05, 4.69) is 0 Å². The molecular weight excluding hydrogens is 452 g/mol. The minimum absolute atomic E-state index is 0.0540. The molecule has 3 unspecified atom stereocenters. The number of benzene rings is 1. The summed E-state index contributed by atoms with van der Waals surface area (Å²) in [6.45, 7) is 1.14. The van der Waals surface area contributed by atoms with Crippen molar-refractivity contribution in [3.8, 4) is 5.75 Å². The molecule has 4 aliphatic rings. The standard InChI is InChI=1S/C26H30N2O7/c1-28(2,14-6-8-35-9-7-14)21-15-11-13-10-12-4-3-5-16(29)17(12)22(30)18(13)23(31)19(15)24(32)20(25(21)33)26(27)34/h3-5,13-15,21H,6-11H2,1-2H3,(H5-,27,29,30,31,32,33,34)/p+1. The number of rotatable bonds is 3. The number of Topliss-reactive ketones (excluding diaryl/α,β-unsaturated/α-hetero) is 1. The highest BCUT2D eigenvalue weighted by Gasteiger charge is 2.57. The van der Waals surface area contributed by atoms with E-state index < -0.39 is 35.0 Å². The molecule has 6 N–H and O–H groups in total. The predicted octanol–water partition coefficient (Wildman–Crippen LogP) is 2.17. The molecule has 1 saturated heterocycles. The fraction of sp³-hybridized carbons (Fsp3) is 0.462. The van der Waals surface area contributed by atoms with Crippen molar-refractivity contribution in [1.29, 1.82) is 0 Å². The Morgan fingerprint density at radius 2 is 1.71 bits per heavy atom. The van der Waals surface area contributed by atoms with Gasteiger partial charge in [0.1, 0.15) is 28.6 Å². The van der Waals surface area contributed by atoms with Crippen LogP contribution < -0.4 is 5.73 Å². The summed E-state index contributed by atoms with van der Waals surface area (Å²) in [5, 5.41) is 43.9. The van der Waals surface area contributed by atoms with Crippen LogP contribution in [0.25, 0.3) is 5.76 Å². The SMILES string of the molecule is C[N+](C)(C1CCOCC1)C1C(=O)C(C(N)=O)=C(O)C2=C(O)C3=C(O)c4c(O)cccc4CC3CC21. The number of hydrogen-bond acceptors (Lipinski definition) is 7. The van der Waals surface area contributed by atoms with Crippen LogP contribution in [-0.4, -0.2) is 76.0 Å². The average molecular weight is 484 g/mol. The molecule has 0 saturated carbocycles. The first kappa shape index (κ1) is 23.4. The molecule has 1 aromatic rings. The number of nitrogens with zero attached hydrogens (tertiary/aromatic N) is 1. The van der Waals surface area contributed by atoms with Crippen LogP contribution in [0.5, 0.6) is 5.75 Å². The monoisotopic (exact) mass is 483 g/mol. The zero-order valence-corrected chi connectivity index (χ0v) is 19.8. The van der Waals surface area contributed by atoms with Gasteiger partial charge in [0.05, 0.1) is 44.8 Å². The number of likely N-dealkylation sites (N-methyl/N-ethyl adjacent to an activating group) is 1. The van der Waals surface area contributed by atoms with E-state index in [1.54, 1.807) is 6.07 Å². The zero-order chi connectivity index (χ0) is 25.2. The number of allylic oxidation sites excluding steroid dienone is 2. The summed E-state index contributed by atoms with van der Waals surface area (Å²) < 4.78 is 5.77. The number of fused-ring (bicyclic) bond motifs is 3. The third-order valence-corrected chi connectivity index (χ3v) is 8.40. The van der Waals surface area contributed by atoms with Gasteiger partial charge in [0.25, 0.3) is 5.91 Å². The lowest BCUT2D eigenvalue weighted by Gasteiger charge is -2.51. The Morgan fingerprint density at radius 3 is 2.37 bits per heavy atom. The number of quaternary nitrogens is 1. The minimum Gasteiger partial charge on any atom is -0.507 e. The smallest absolute Gasteiger partial charge is 0.256 e. The first-order valence-electron chi connectivity index (χ1n) is 11.9. The fourth-order valence-corrected chi connectivity index (χ4v) is 6.72. The van der Waals surface area contributed by atoms with E-state index >= 15 is 0 Å². The summed E-state index contributed by atoms with van der Waals surface area (Å²) in [4.78, 5) is 26.0. The van der Waals surface area contributed by atoms with Gasteiger partial charge in [-0.05, 0) is 30.4 Å². The Hall–Kier alpha value is -3.30. The highest BCUT2D eigenvalue weighted by Crippen LogP contribution is 2.52. The van der Waals surface area contributed by atoms with Crippen LogP contribution in [0.15, 0.2) is 46.4 Å².